The Morgan fingerprint density at radius 3 is 2.33 bits per heavy atom. The number of hydrogen-bond acceptors (Lipinski definition) is 5. The second-order valence-electron chi connectivity index (χ2n) is 4.91. The average molecular weight is 296 g/mol. The third kappa shape index (κ3) is 2.93. The van der Waals surface area contributed by atoms with Gasteiger partial charge in [0.1, 0.15) is 5.82 Å². The van der Waals surface area contributed by atoms with Crippen molar-refractivity contribution < 1.29 is 9.53 Å². The van der Waals surface area contributed by atoms with E-state index in [9.17, 15) is 14.4 Å². The van der Waals surface area contributed by atoms with Crippen LogP contribution in [-0.4, -0.2) is 52.9 Å². The van der Waals surface area contributed by atoms with Crippen molar-refractivity contribution in [2.75, 3.05) is 37.7 Å². The summed E-state index contributed by atoms with van der Waals surface area (Å²) in [5.74, 6) is 0.576. The minimum Gasteiger partial charge on any atom is -0.450 e. The smallest absolute Gasteiger partial charge is 0.409 e. The molecule has 2 heterocycles. The van der Waals surface area contributed by atoms with E-state index in [1.807, 2.05) is 4.90 Å². The predicted octanol–water partition coefficient (Wildman–Crippen LogP) is -0.637. The fourth-order valence-corrected chi connectivity index (χ4v) is 2.36. The van der Waals surface area contributed by atoms with Crippen LogP contribution in [0.1, 0.15) is 6.92 Å². The number of amides is 1. The molecule has 1 fully saturated rings. The first-order chi connectivity index (χ1) is 9.95. The molecule has 0 unspecified atom stereocenters. The standard InChI is InChI=1S/C13H20N4O4/c1-4-21-13(20)17-7-5-16(6-8-17)10-9-11(18)15(3)12(19)14(10)2/h9H,4-8H2,1-3H3. The summed E-state index contributed by atoms with van der Waals surface area (Å²) in [6.45, 7) is 4.23. The van der Waals surface area contributed by atoms with Gasteiger partial charge in [-0.25, -0.2) is 9.59 Å². The van der Waals surface area contributed by atoms with Crippen LogP contribution in [0.25, 0.3) is 0 Å². The Morgan fingerprint density at radius 2 is 1.76 bits per heavy atom. The van der Waals surface area contributed by atoms with E-state index in [1.165, 1.54) is 17.7 Å². The van der Waals surface area contributed by atoms with Gasteiger partial charge >= 0.3 is 11.8 Å². The molecule has 0 N–H and O–H groups in total. The Bertz CT molecular complexity index is 641. The zero-order chi connectivity index (χ0) is 15.6. The lowest BCUT2D eigenvalue weighted by molar-refractivity contribution is 0.105. The highest BCUT2D eigenvalue weighted by molar-refractivity contribution is 5.68. The summed E-state index contributed by atoms with van der Waals surface area (Å²) in [7, 11) is 3.09. The number of ether oxygens (including phenoxy) is 1. The molecule has 2 rings (SSSR count). The zero-order valence-electron chi connectivity index (χ0n) is 12.5. The molecule has 21 heavy (non-hydrogen) atoms. The molecule has 0 radical (unpaired) electrons. The van der Waals surface area contributed by atoms with Gasteiger partial charge in [-0.1, -0.05) is 0 Å². The first-order valence-corrected chi connectivity index (χ1v) is 6.89. The average Bonchev–Trinajstić information content (AvgIpc) is 2.49. The van der Waals surface area contributed by atoms with Crippen molar-refractivity contribution in [3.63, 3.8) is 0 Å². The lowest BCUT2D eigenvalue weighted by atomic mass is 10.3. The number of carbonyl (C=O) groups is 1. The molecular weight excluding hydrogens is 276 g/mol. The van der Waals surface area contributed by atoms with Gasteiger partial charge in [0.2, 0.25) is 0 Å². The Labute approximate surface area is 122 Å². The van der Waals surface area contributed by atoms with Gasteiger partial charge in [-0.05, 0) is 6.92 Å². The summed E-state index contributed by atoms with van der Waals surface area (Å²) in [4.78, 5) is 38.9. The van der Waals surface area contributed by atoms with Crippen LogP contribution in [-0.2, 0) is 18.8 Å². The van der Waals surface area contributed by atoms with Gasteiger partial charge in [0.15, 0.2) is 0 Å². The second kappa shape index (κ2) is 6.02. The van der Waals surface area contributed by atoms with Gasteiger partial charge in [0.25, 0.3) is 5.56 Å². The molecule has 8 nitrogen and oxygen atoms in total. The highest BCUT2D eigenvalue weighted by Crippen LogP contribution is 2.12. The van der Waals surface area contributed by atoms with Crippen molar-refractivity contribution in [3.05, 3.63) is 26.9 Å². The van der Waals surface area contributed by atoms with Crippen LogP contribution in [0, 0.1) is 0 Å². The van der Waals surface area contributed by atoms with E-state index in [4.69, 9.17) is 4.74 Å². The third-order valence-electron chi connectivity index (χ3n) is 3.63. The summed E-state index contributed by atoms with van der Waals surface area (Å²) in [6.07, 6.45) is -0.324. The van der Waals surface area contributed by atoms with Crippen LogP contribution < -0.4 is 16.1 Å². The molecule has 0 atom stereocenters. The van der Waals surface area contributed by atoms with Crippen LogP contribution in [0.5, 0.6) is 0 Å². The Kier molecular flexibility index (Phi) is 4.35. The molecule has 8 heteroatoms. The minimum atomic E-state index is -0.356. The summed E-state index contributed by atoms with van der Waals surface area (Å²) in [6, 6.07) is 1.45. The van der Waals surface area contributed by atoms with Crippen molar-refractivity contribution in [3.8, 4) is 0 Å². The normalized spacial score (nSPS) is 15.2. The van der Waals surface area contributed by atoms with Crippen LogP contribution >= 0.6 is 0 Å². The fraction of sp³-hybridized carbons (Fsp3) is 0.615. The maximum absolute atomic E-state index is 11.9. The Balaban J connectivity index is 2.15. The van der Waals surface area contributed by atoms with Crippen molar-refractivity contribution in [1.82, 2.24) is 14.0 Å². The van der Waals surface area contributed by atoms with E-state index < -0.39 is 0 Å². The van der Waals surface area contributed by atoms with Crippen LogP contribution in [0.3, 0.4) is 0 Å². The molecule has 1 aromatic rings. The number of rotatable bonds is 2. The third-order valence-corrected chi connectivity index (χ3v) is 3.63. The van der Waals surface area contributed by atoms with E-state index in [2.05, 4.69) is 0 Å². The van der Waals surface area contributed by atoms with Gasteiger partial charge in [-0.15, -0.1) is 0 Å². The van der Waals surface area contributed by atoms with Gasteiger partial charge in [-0.3, -0.25) is 13.9 Å². The van der Waals surface area contributed by atoms with Gasteiger partial charge in [0, 0.05) is 46.3 Å². The monoisotopic (exact) mass is 296 g/mol. The molecular formula is C13H20N4O4. The fourth-order valence-electron chi connectivity index (χ4n) is 2.36. The van der Waals surface area contributed by atoms with Crippen molar-refractivity contribution in [1.29, 1.82) is 0 Å². The number of piperazine rings is 1. The highest BCUT2D eigenvalue weighted by Gasteiger charge is 2.23. The van der Waals surface area contributed by atoms with Crippen LogP contribution in [0.4, 0.5) is 10.6 Å². The first kappa shape index (κ1) is 15.1. The SMILES string of the molecule is CCOC(=O)N1CCN(c2cc(=O)n(C)c(=O)n2C)CC1. The Morgan fingerprint density at radius 1 is 1.14 bits per heavy atom. The Hall–Kier alpha value is -2.25. The van der Waals surface area contributed by atoms with Crippen molar-refractivity contribution >= 4 is 11.9 Å². The van der Waals surface area contributed by atoms with Gasteiger partial charge < -0.3 is 14.5 Å². The molecule has 1 aliphatic heterocycles. The zero-order valence-corrected chi connectivity index (χ0v) is 12.5. The molecule has 0 bridgehead atoms. The molecule has 0 spiro atoms. The summed E-state index contributed by atoms with van der Waals surface area (Å²) >= 11 is 0. The highest BCUT2D eigenvalue weighted by atomic mass is 16.6. The van der Waals surface area contributed by atoms with E-state index in [-0.39, 0.29) is 17.3 Å². The molecule has 0 aliphatic carbocycles. The molecule has 1 aromatic heterocycles. The summed E-state index contributed by atoms with van der Waals surface area (Å²) in [5.41, 5.74) is -0.689. The first-order valence-electron chi connectivity index (χ1n) is 6.89. The van der Waals surface area contributed by atoms with Gasteiger partial charge in [-0.2, -0.15) is 0 Å². The predicted molar refractivity (Wildman–Crippen MR) is 77.7 cm³/mol. The second-order valence-corrected chi connectivity index (χ2v) is 4.91. The summed E-state index contributed by atoms with van der Waals surface area (Å²) in [5, 5.41) is 0. The summed E-state index contributed by atoms with van der Waals surface area (Å²) < 4.78 is 7.47. The number of nitrogens with zero attached hydrogens (tertiary/aromatic N) is 4. The van der Waals surface area contributed by atoms with Crippen molar-refractivity contribution in [2.45, 2.75) is 6.92 Å². The molecule has 1 amide bonds. The molecule has 0 saturated carbocycles. The van der Waals surface area contributed by atoms with Crippen molar-refractivity contribution in [2.24, 2.45) is 14.1 Å². The maximum atomic E-state index is 11.9. The maximum Gasteiger partial charge on any atom is 0.409 e. The minimum absolute atomic E-state index is 0.324. The van der Waals surface area contributed by atoms with E-state index in [0.29, 0.717) is 38.6 Å². The number of aromatic nitrogens is 2. The van der Waals surface area contributed by atoms with Crippen LogP contribution in [0.15, 0.2) is 15.7 Å². The van der Waals surface area contributed by atoms with Crippen LogP contribution in [0.2, 0.25) is 0 Å². The molecule has 1 saturated heterocycles. The quantitative estimate of drug-likeness (QED) is 0.726. The molecule has 1 aliphatic rings. The van der Waals surface area contributed by atoms with E-state index in [0.717, 1.165) is 4.57 Å². The van der Waals surface area contributed by atoms with Gasteiger partial charge in [0.05, 0.1) is 6.61 Å². The number of carbonyl (C=O) groups excluding carboxylic acids is 1. The largest absolute Gasteiger partial charge is 0.450 e. The lowest BCUT2D eigenvalue weighted by Gasteiger charge is -2.35. The lowest BCUT2D eigenvalue weighted by Crippen LogP contribution is -2.51. The molecule has 0 aromatic carbocycles. The van der Waals surface area contributed by atoms with E-state index in [1.54, 1.807) is 18.9 Å². The van der Waals surface area contributed by atoms with E-state index >= 15 is 0 Å². The molecule has 116 valence electrons. The number of anilines is 1. The number of hydrogen-bond donors (Lipinski definition) is 0. The topological polar surface area (TPSA) is 76.8 Å².